The molecule has 0 radical (unpaired) electrons. The summed E-state index contributed by atoms with van der Waals surface area (Å²) < 4.78 is 7.12. The summed E-state index contributed by atoms with van der Waals surface area (Å²) in [5, 5.41) is 15.6. The van der Waals surface area contributed by atoms with Crippen molar-refractivity contribution in [1.29, 1.82) is 0 Å². The predicted octanol–water partition coefficient (Wildman–Crippen LogP) is 3.38. The van der Waals surface area contributed by atoms with E-state index < -0.39 is 11.6 Å². The minimum atomic E-state index is -0.483. The Morgan fingerprint density at radius 3 is 2.77 bits per heavy atom. The maximum absolute atomic E-state index is 12.9. The second kappa shape index (κ2) is 7.72. The average molecular weight is 435 g/mol. The zero-order chi connectivity index (χ0) is 21.5. The van der Waals surface area contributed by atoms with Gasteiger partial charge in [-0.15, -0.1) is 0 Å². The number of benzene rings is 2. The van der Waals surface area contributed by atoms with Gasteiger partial charge in [-0.25, -0.2) is 0 Å². The number of nitrogens with zero attached hydrogens (tertiary/aromatic N) is 1. The fraction of sp³-hybridized carbons (Fsp3) is 0.217. The summed E-state index contributed by atoms with van der Waals surface area (Å²) in [5.41, 5.74) is 3.79. The number of H-pyrrole nitrogens is 2. The van der Waals surface area contributed by atoms with Gasteiger partial charge in [-0.05, 0) is 48.0 Å². The van der Waals surface area contributed by atoms with Gasteiger partial charge in [0.05, 0.1) is 19.7 Å². The first-order valence-corrected chi connectivity index (χ1v) is 10.5. The second-order valence-corrected chi connectivity index (χ2v) is 8.02. The molecular formula is C23H22N4O3S. The van der Waals surface area contributed by atoms with E-state index in [2.05, 4.69) is 15.3 Å². The molecule has 2 aromatic heterocycles. The third kappa shape index (κ3) is 3.34. The van der Waals surface area contributed by atoms with Gasteiger partial charge in [-0.3, -0.25) is 14.3 Å². The summed E-state index contributed by atoms with van der Waals surface area (Å²) in [7, 11) is 1.64. The van der Waals surface area contributed by atoms with Crippen LogP contribution in [0.15, 0.2) is 53.3 Å². The molecule has 31 heavy (non-hydrogen) atoms. The maximum Gasteiger partial charge on any atom is 0.260 e. The third-order valence-corrected chi connectivity index (χ3v) is 6.16. The zero-order valence-corrected chi connectivity index (χ0v) is 17.8. The van der Waals surface area contributed by atoms with E-state index in [0.29, 0.717) is 13.1 Å². The van der Waals surface area contributed by atoms with Crippen LogP contribution in [0.1, 0.15) is 28.4 Å². The molecule has 5 rings (SSSR count). The number of ether oxygens (including phenoxy) is 1. The third-order valence-electron chi connectivity index (χ3n) is 5.84. The number of methoxy groups -OCH3 is 1. The van der Waals surface area contributed by atoms with Crippen molar-refractivity contribution in [2.45, 2.75) is 19.0 Å². The van der Waals surface area contributed by atoms with Gasteiger partial charge in [0, 0.05) is 23.1 Å². The summed E-state index contributed by atoms with van der Waals surface area (Å²) in [6.07, 6.45) is 0.806. The fourth-order valence-corrected chi connectivity index (χ4v) is 4.57. The monoisotopic (exact) mass is 434 g/mol. The molecule has 4 N–H and O–H groups in total. The molecule has 0 amide bonds. The van der Waals surface area contributed by atoms with Crippen LogP contribution in [0.2, 0.25) is 0 Å². The van der Waals surface area contributed by atoms with Gasteiger partial charge in [0.15, 0.2) is 4.77 Å². The maximum atomic E-state index is 12.9. The highest BCUT2D eigenvalue weighted by molar-refractivity contribution is 7.71. The number of rotatable bonds is 4. The minimum Gasteiger partial charge on any atom is -0.497 e. The van der Waals surface area contributed by atoms with Gasteiger partial charge in [-0.1, -0.05) is 30.3 Å². The van der Waals surface area contributed by atoms with Gasteiger partial charge >= 0.3 is 0 Å². The highest BCUT2D eigenvalue weighted by Gasteiger charge is 2.30. The number of hydrogen-bond donors (Lipinski definition) is 4. The van der Waals surface area contributed by atoms with Crippen molar-refractivity contribution in [1.82, 2.24) is 19.9 Å². The van der Waals surface area contributed by atoms with Crippen molar-refractivity contribution in [3.05, 3.63) is 86.0 Å². The van der Waals surface area contributed by atoms with Gasteiger partial charge in [0.1, 0.15) is 11.3 Å². The first-order chi connectivity index (χ1) is 15.1. The molecule has 0 fully saturated rings. The Morgan fingerprint density at radius 2 is 2.00 bits per heavy atom. The molecule has 0 aliphatic carbocycles. The molecule has 7 nitrogen and oxygen atoms in total. The molecule has 0 saturated heterocycles. The summed E-state index contributed by atoms with van der Waals surface area (Å²) >= 11 is 5.35. The van der Waals surface area contributed by atoms with Crippen LogP contribution in [0.25, 0.3) is 10.9 Å². The van der Waals surface area contributed by atoms with Crippen LogP contribution in [0.5, 0.6) is 11.6 Å². The Hall–Kier alpha value is -3.36. The molecule has 2 aromatic carbocycles. The van der Waals surface area contributed by atoms with Crippen LogP contribution in [-0.4, -0.2) is 33.3 Å². The number of fused-ring (bicyclic) bond motifs is 3. The fourth-order valence-electron chi connectivity index (χ4n) is 4.33. The highest BCUT2D eigenvalue weighted by atomic mass is 32.1. The molecule has 8 heteroatoms. The Balaban J connectivity index is 1.66. The van der Waals surface area contributed by atoms with E-state index >= 15 is 0 Å². The molecule has 158 valence electrons. The number of aromatic amines is 2. The molecule has 4 aromatic rings. The van der Waals surface area contributed by atoms with Gasteiger partial charge in [0.25, 0.3) is 5.56 Å². The second-order valence-electron chi connectivity index (χ2n) is 7.63. The van der Waals surface area contributed by atoms with Crippen LogP contribution in [0, 0.1) is 4.77 Å². The van der Waals surface area contributed by atoms with E-state index in [4.69, 9.17) is 17.0 Å². The van der Waals surface area contributed by atoms with Gasteiger partial charge in [-0.2, -0.15) is 0 Å². The molecule has 1 atom stereocenters. The molecule has 1 aliphatic rings. The van der Waals surface area contributed by atoms with Crippen molar-refractivity contribution in [2.75, 3.05) is 13.7 Å². The Kier molecular flexibility index (Phi) is 4.88. The average Bonchev–Trinajstić information content (AvgIpc) is 3.16. The Labute approximate surface area is 183 Å². The van der Waals surface area contributed by atoms with Crippen molar-refractivity contribution < 1.29 is 9.84 Å². The number of aromatic nitrogens is 3. The van der Waals surface area contributed by atoms with Crippen LogP contribution in [-0.2, 0) is 13.0 Å². The normalized spacial score (nSPS) is 15.7. The lowest BCUT2D eigenvalue weighted by molar-refractivity contribution is 0.393. The van der Waals surface area contributed by atoms with Crippen LogP contribution >= 0.6 is 12.2 Å². The molecule has 3 heterocycles. The predicted molar refractivity (Wildman–Crippen MR) is 121 cm³/mol. The summed E-state index contributed by atoms with van der Waals surface area (Å²) in [4.78, 5) is 19.1. The smallest absolute Gasteiger partial charge is 0.260 e. The quantitative estimate of drug-likeness (QED) is 0.370. The van der Waals surface area contributed by atoms with E-state index in [1.54, 1.807) is 11.7 Å². The van der Waals surface area contributed by atoms with Crippen LogP contribution in [0.3, 0.4) is 0 Å². The lowest BCUT2D eigenvalue weighted by Gasteiger charge is -2.25. The van der Waals surface area contributed by atoms with E-state index in [-0.39, 0.29) is 16.2 Å². The first kappa shape index (κ1) is 19.6. The zero-order valence-electron chi connectivity index (χ0n) is 16.9. The van der Waals surface area contributed by atoms with Crippen LogP contribution in [0.4, 0.5) is 0 Å². The van der Waals surface area contributed by atoms with Crippen molar-refractivity contribution in [2.24, 2.45) is 0 Å². The van der Waals surface area contributed by atoms with E-state index in [1.165, 1.54) is 0 Å². The van der Waals surface area contributed by atoms with Crippen molar-refractivity contribution in [3.8, 4) is 11.6 Å². The van der Waals surface area contributed by atoms with Crippen molar-refractivity contribution in [3.63, 3.8) is 0 Å². The van der Waals surface area contributed by atoms with E-state index in [9.17, 15) is 9.90 Å². The topological polar surface area (TPSA) is 95.1 Å². The lowest BCUT2D eigenvalue weighted by Crippen LogP contribution is -2.35. The summed E-state index contributed by atoms with van der Waals surface area (Å²) in [6.45, 7) is 1.04. The van der Waals surface area contributed by atoms with E-state index in [0.717, 1.165) is 39.9 Å². The number of nitrogens with one attached hydrogen (secondary N) is 3. The number of hydrogen-bond acceptors (Lipinski definition) is 5. The Morgan fingerprint density at radius 1 is 1.19 bits per heavy atom. The van der Waals surface area contributed by atoms with Gasteiger partial charge in [0.2, 0.25) is 5.88 Å². The SMILES string of the molecule is COc1ccc2[nH]c3c(c2c1)CCN[C@H]3c1c(O)n(Cc2ccccc2)c(=S)[nH]c1=O. The first-order valence-electron chi connectivity index (χ1n) is 10.1. The summed E-state index contributed by atoms with van der Waals surface area (Å²) in [5.74, 6) is 0.653. The molecule has 0 unspecified atom stereocenters. The minimum absolute atomic E-state index is 0.126. The highest BCUT2D eigenvalue weighted by Crippen LogP contribution is 2.36. The summed E-state index contributed by atoms with van der Waals surface area (Å²) in [6, 6.07) is 15.1. The van der Waals surface area contributed by atoms with Crippen molar-refractivity contribution >= 4 is 23.1 Å². The van der Waals surface area contributed by atoms with E-state index in [1.807, 2.05) is 48.5 Å². The Bertz CT molecular complexity index is 1390. The number of aromatic hydroxyl groups is 1. The molecule has 1 aliphatic heterocycles. The molecular weight excluding hydrogens is 412 g/mol. The van der Waals surface area contributed by atoms with Crippen LogP contribution < -0.4 is 15.6 Å². The molecule has 0 bridgehead atoms. The lowest BCUT2D eigenvalue weighted by atomic mass is 9.95. The largest absolute Gasteiger partial charge is 0.497 e. The standard InChI is InChI=1S/C23H22N4O3S/c1-30-14-7-8-17-16(11-14)15-9-10-24-20(19(15)25-17)18-21(28)26-23(31)27(22(18)29)12-13-5-3-2-4-6-13/h2-8,11,20,24-25,29H,9-10,12H2,1H3,(H,26,28,31)/t20-/m0/s1. The molecule has 0 spiro atoms. The molecule has 0 saturated carbocycles. The van der Waals surface area contributed by atoms with Gasteiger partial charge < -0.3 is 20.1 Å².